The van der Waals surface area contributed by atoms with Crippen LogP contribution < -0.4 is 9.80 Å². The summed E-state index contributed by atoms with van der Waals surface area (Å²) < 4.78 is 0.943. The first-order valence-electron chi connectivity index (χ1n) is 7.83. The number of halogens is 1. The minimum absolute atomic E-state index is 0.0144. The number of benzene rings is 2. The van der Waals surface area contributed by atoms with Crippen LogP contribution >= 0.6 is 15.9 Å². The Morgan fingerprint density at radius 3 is 2.25 bits per heavy atom. The van der Waals surface area contributed by atoms with Gasteiger partial charge in [-0.25, -0.2) is 0 Å². The third-order valence-electron chi connectivity index (χ3n) is 3.81. The monoisotopic (exact) mass is 388 g/mol. The quantitative estimate of drug-likeness (QED) is 0.771. The fourth-order valence-electron chi connectivity index (χ4n) is 2.62. The lowest BCUT2D eigenvalue weighted by Gasteiger charge is -2.27. The van der Waals surface area contributed by atoms with Gasteiger partial charge in [0.15, 0.2) is 0 Å². The largest absolute Gasteiger partial charge is 0.311 e. The van der Waals surface area contributed by atoms with Crippen molar-refractivity contribution >= 4 is 39.1 Å². The van der Waals surface area contributed by atoms with Crippen LogP contribution in [0.5, 0.6) is 0 Å². The lowest BCUT2D eigenvalue weighted by molar-refractivity contribution is -0.121. The predicted molar refractivity (Wildman–Crippen MR) is 101 cm³/mol. The maximum absolute atomic E-state index is 12.8. The number of rotatable bonds is 5. The van der Waals surface area contributed by atoms with Crippen LogP contribution in [0, 0.1) is 6.92 Å². The van der Waals surface area contributed by atoms with Crippen LogP contribution in [0.3, 0.4) is 0 Å². The number of nitrogens with zero attached hydrogens (tertiary/aromatic N) is 2. The van der Waals surface area contributed by atoms with Crippen molar-refractivity contribution in [2.75, 3.05) is 22.9 Å². The molecule has 0 N–H and O–H groups in total. The smallest absolute Gasteiger partial charge is 0.247 e. The summed E-state index contributed by atoms with van der Waals surface area (Å²) in [5.74, 6) is -0.265. The second kappa shape index (κ2) is 8.11. The fraction of sp³-hybridized carbons (Fsp3) is 0.263. The van der Waals surface area contributed by atoms with E-state index in [9.17, 15) is 9.59 Å². The van der Waals surface area contributed by atoms with E-state index in [1.165, 1.54) is 11.8 Å². The molecule has 2 aromatic carbocycles. The first kappa shape index (κ1) is 18.2. The van der Waals surface area contributed by atoms with E-state index in [4.69, 9.17) is 0 Å². The van der Waals surface area contributed by atoms with Crippen LogP contribution in [0.4, 0.5) is 11.4 Å². The van der Waals surface area contributed by atoms with Crippen LogP contribution in [0.25, 0.3) is 0 Å². The highest BCUT2D eigenvalue weighted by molar-refractivity contribution is 9.10. The Balaban J connectivity index is 2.27. The van der Waals surface area contributed by atoms with Gasteiger partial charge in [0.1, 0.15) is 6.54 Å². The summed E-state index contributed by atoms with van der Waals surface area (Å²) in [5, 5.41) is 0. The lowest BCUT2D eigenvalue weighted by atomic mass is 10.1. The van der Waals surface area contributed by atoms with E-state index in [0.717, 1.165) is 21.4 Å². The van der Waals surface area contributed by atoms with E-state index in [1.54, 1.807) is 4.90 Å². The van der Waals surface area contributed by atoms with E-state index in [2.05, 4.69) is 15.9 Å². The molecule has 0 unspecified atom stereocenters. The highest BCUT2D eigenvalue weighted by Gasteiger charge is 2.21. The van der Waals surface area contributed by atoms with Crippen molar-refractivity contribution in [2.45, 2.75) is 20.8 Å². The molecule has 2 rings (SSSR count). The van der Waals surface area contributed by atoms with Crippen LogP contribution in [0.15, 0.2) is 53.0 Å². The van der Waals surface area contributed by atoms with Crippen molar-refractivity contribution in [1.82, 2.24) is 0 Å². The van der Waals surface area contributed by atoms with Crippen molar-refractivity contribution < 1.29 is 9.59 Å². The van der Waals surface area contributed by atoms with E-state index in [-0.39, 0.29) is 18.4 Å². The Morgan fingerprint density at radius 1 is 1.04 bits per heavy atom. The number of amides is 2. The van der Waals surface area contributed by atoms with Gasteiger partial charge in [-0.1, -0.05) is 34.1 Å². The molecule has 0 aliphatic heterocycles. The van der Waals surface area contributed by atoms with Crippen molar-refractivity contribution in [3.63, 3.8) is 0 Å². The Bertz CT molecular complexity index is 731. The third-order valence-corrected chi connectivity index (χ3v) is 4.30. The number of carbonyl (C=O) groups excluding carboxylic acids is 2. The summed E-state index contributed by atoms with van der Waals surface area (Å²) in [6.45, 7) is 5.89. The summed E-state index contributed by atoms with van der Waals surface area (Å²) in [4.78, 5) is 28.1. The predicted octanol–water partition coefficient (Wildman–Crippen LogP) is 4.16. The highest BCUT2D eigenvalue weighted by Crippen LogP contribution is 2.24. The summed E-state index contributed by atoms with van der Waals surface area (Å²) in [6, 6.07) is 15.2. The van der Waals surface area contributed by atoms with E-state index in [0.29, 0.717) is 6.54 Å². The average molecular weight is 389 g/mol. The van der Waals surface area contributed by atoms with Gasteiger partial charge in [-0.2, -0.15) is 0 Å². The van der Waals surface area contributed by atoms with Crippen molar-refractivity contribution in [3.8, 4) is 0 Å². The van der Waals surface area contributed by atoms with E-state index in [1.807, 2.05) is 62.4 Å². The molecule has 2 aromatic rings. The number of hydrogen-bond acceptors (Lipinski definition) is 2. The van der Waals surface area contributed by atoms with E-state index < -0.39 is 0 Å². The number of hydrogen-bond donors (Lipinski definition) is 0. The standard InChI is InChI=1S/C19H21BrN2O2/c1-4-21(17-8-6-5-7-9-17)19(24)13-22(15(3)23)18-11-10-16(20)12-14(18)2/h5-12H,4,13H2,1-3H3. The molecule has 0 fully saturated rings. The van der Waals surface area contributed by atoms with Crippen molar-refractivity contribution in [2.24, 2.45) is 0 Å². The molecular weight excluding hydrogens is 368 g/mol. The summed E-state index contributed by atoms with van der Waals surface area (Å²) in [7, 11) is 0. The molecule has 126 valence electrons. The molecular formula is C19H21BrN2O2. The second-order valence-electron chi connectivity index (χ2n) is 5.51. The maximum Gasteiger partial charge on any atom is 0.247 e. The molecule has 0 aliphatic carbocycles. The molecule has 0 saturated carbocycles. The van der Waals surface area contributed by atoms with Crippen molar-refractivity contribution in [3.05, 3.63) is 58.6 Å². The molecule has 0 spiro atoms. The average Bonchev–Trinajstić information content (AvgIpc) is 2.55. The molecule has 0 aliphatic rings. The lowest BCUT2D eigenvalue weighted by Crippen LogP contribution is -2.42. The van der Waals surface area contributed by atoms with Gasteiger partial charge in [0.05, 0.1) is 0 Å². The molecule has 5 heteroatoms. The fourth-order valence-corrected chi connectivity index (χ4v) is 3.09. The molecule has 0 bridgehead atoms. The number of para-hydroxylation sites is 1. The summed E-state index contributed by atoms with van der Waals surface area (Å²) >= 11 is 3.42. The van der Waals surface area contributed by atoms with Gasteiger partial charge >= 0.3 is 0 Å². The minimum atomic E-state index is -0.155. The molecule has 24 heavy (non-hydrogen) atoms. The Morgan fingerprint density at radius 2 is 1.71 bits per heavy atom. The van der Waals surface area contributed by atoms with Gasteiger partial charge in [-0.3, -0.25) is 9.59 Å². The minimum Gasteiger partial charge on any atom is -0.311 e. The van der Waals surface area contributed by atoms with Crippen LogP contribution in [0.1, 0.15) is 19.4 Å². The number of aryl methyl sites for hydroxylation is 1. The zero-order chi connectivity index (χ0) is 17.7. The van der Waals surface area contributed by atoms with E-state index >= 15 is 0 Å². The normalized spacial score (nSPS) is 10.3. The van der Waals surface area contributed by atoms with Gasteiger partial charge in [0.25, 0.3) is 0 Å². The second-order valence-corrected chi connectivity index (χ2v) is 6.43. The molecule has 0 aromatic heterocycles. The van der Waals surface area contributed by atoms with Gasteiger partial charge in [-0.05, 0) is 49.7 Å². The van der Waals surface area contributed by atoms with Gasteiger partial charge < -0.3 is 9.80 Å². The Kier molecular flexibility index (Phi) is 6.15. The zero-order valence-electron chi connectivity index (χ0n) is 14.1. The highest BCUT2D eigenvalue weighted by atomic mass is 79.9. The van der Waals surface area contributed by atoms with Crippen LogP contribution in [-0.4, -0.2) is 24.9 Å². The molecule has 0 heterocycles. The molecule has 2 amide bonds. The van der Waals surface area contributed by atoms with Gasteiger partial charge in [0.2, 0.25) is 11.8 Å². The SMILES string of the molecule is CCN(C(=O)CN(C(C)=O)c1ccc(Br)cc1C)c1ccccc1. The van der Waals surface area contributed by atoms with Crippen LogP contribution in [-0.2, 0) is 9.59 Å². The van der Waals surface area contributed by atoms with Crippen LogP contribution in [0.2, 0.25) is 0 Å². The molecule has 0 radical (unpaired) electrons. The Labute approximate surface area is 151 Å². The number of anilines is 2. The number of carbonyl (C=O) groups is 2. The third kappa shape index (κ3) is 4.23. The first-order chi connectivity index (χ1) is 11.4. The Hall–Kier alpha value is -2.14. The maximum atomic E-state index is 12.8. The molecule has 4 nitrogen and oxygen atoms in total. The van der Waals surface area contributed by atoms with Crippen molar-refractivity contribution in [1.29, 1.82) is 0 Å². The molecule has 0 saturated heterocycles. The van der Waals surface area contributed by atoms with Gasteiger partial charge in [-0.15, -0.1) is 0 Å². The van der Waals surface area contributed by atoms with Gasteiger partial charge in [0, 0.05) is 29.3 Å². The topological polar surface area (TPSA) is 40.6 Å². The number of likely N-dealkylation sites (N-methyl/N-ethyl adjacent to an activating group) is 1. The zero-order valence-corrected chi connectivity index (χ0v) is 15.7. The summed E-state index contributed by atoms with van der Waals surface area (Å²) in [6.07, 6.45) is 0. The summed E-state index contributed by atoms with van der Waals surface area (Å²) in [5.41, 5.74) is 2.53. The first-order valence-corrected chi connectivity index (χ1v) is 8.63. The molecule has 0 atom stereocenters.